The van der Waals surface area contributed by atoms with E-state index in [4.69, 9.17) is 9.47 Å². The number of aromatic nitrogens is 3. The number of unbranched alkanes of at least 4 members (excludes halogenated alkanes) is 1. The normalized spacial score (nSPS) is 11.2. The molecule has 2 aromatic heterocycles. The molecule has 2 heterocycles. The number of pyridine rings is 1. The Morgan fingerprint density at radius 3 is 2.45 bits per heavy atom. The molecule has 0 unspecified atom stereocenters. The molecular weight excluding hydrogens is 588 g/mol. The topological polar surface area (TPSA) is 102 Å². The summed E-state index contributed by atoms with van der Waals surface area (Å²) < 4.78 is 11.0. The Morgan fingerprint density at radius 2 is 1.55 bits per heavy atom. The average Bonchev–Trinajstić information content (AvgIpc) is 3.11. The number of para-hydroxylation sites is 1. The maximum absolute atomic E-state index is 11.7. The van der Waals surface area contributed by atoms with Gasteiger partial charge in [0.25, 0.3) is 0 Å². The maximum Gasteiger partial charge on any atom is 0.305 e. The van der Waals surface area contributed by atoms with Crippen molar-refractivity contribution in [2.75, 3.05) is 57.1 Å². The van der Waals surface area contributed by atoms with Crippen LogP contribution in [-0.4, -0.2) is 72.3 Å². The lowest BCUT2D eigenvalue weighted by Crippen LogP contribution is -2.29. The van der Waals surface area contributed by atoms with E-state index < -0.39 is 0 Å². The lowest BCUT2D eigenvalue weighted by Gasteiger charge is -2.22. The average molecular weight is 635 g/mol. The van der Waals surface area contributed by atoms with Crippen molar-refractivity contribution < 1.29 is 14.3 Å². The summed E-state index contributed by atoms with van der Waals surface area (Å²) in [6, 6.07) is 26.8. The van der Waals surface area contributed by atoms with E-state index in [-0.39, 0.29) is 5.97 Å². The van der Waals surface area contributed by atoms with Crippen LogP contribution in [-0.2, 0) is 16.0 Å². The molecule has 9 heteroatoms. The van der Waals surface area contributed by atoms with Gasteiger partial charge in [-0.1, -0.05) is 48.5 Å². The Bertz CT molecular complexity index is 1680. The van der Waals surface area contributed by atoms with Crippen molar-refractivity contribution >= 4 is 39.3 Å². The monoisotopic (exact) mass is 634 g/mol. The fourth-order valence-electron chi connectivity index (χ4n) is 5.71. The van der Waals surface area contributed by atoms with Crippen molar-refractivity contribution in [3.05, 3.63) is 97.0 Å². The molecule has 0 amide bonds. The van der Waals surface area contributed by atoms with Gasteiger partial charge in [0.1, 0.15) is 17.9 Å². The molecule has 0 radical (unpaired) electrons. The predicted octanol–water partition coefficient (Wildman–Crippen LogP) is 7.14. The number of anilines is 2. The van der Waals surface area contributed by atoms with E-state index in [0.717, 1.165) is 110 Å². The highest BCUT2D eigenvalue weighted by molar-refractivity contribution is 5.91. The summed E-state index contributed by atoms with van der Waals surface area (Å²) in [5.41, 5.74) is 4.33. The Kier molecular flexibility index (Phi) is 13.2. The molecule has 0 saturated carbocycles. The van der Waals surface area contributed by atoms with Gasteiger partial charge in [-0.15, -0.1) is 0 Å². The molecule has 0 fully saturated rings. The first-order valence-corrected chi connectivity index (χ1v) is 16.7. The maximum atomic E-state index is 11.7. The molecule has 0 aliphatic carbocycles. The Morgan fingerprint density at radius 1 is 0.745 bits per heavy atom. The third kappa shape index (κ3) is 10.6. The van der Waals surface area contributed by atoms with Gasteiger partial charge in [0.15, 0.2) is 0 Å². The van der Waals surface area contributed by atoms with Crippen LogP contribution in [0.4, 0.5) is 11.5 Å². The zero-order chi connectivity index (χ0) is 32.5. The van der Waals surface area contributed by atoms with Gasteiger partial charge in [-0.05, 0) is 81.4 Å². The number of carbonyl (C=O) groups excluding carboxylic acids is 1. The lowest BCUT2D eigenvalue weighted by atomic mass is 10.1. The molecule has 5 aromatic rings. The second kappa shape index (κ2) is 18.4. The molecule has 2 N–H and O–H groups in total. The van der Waals surface area contributed by atoms with Gasteiger partial charge in [0, 0.05) is 54.8 Å². The molecule has 0 saturated heterocycles. The highest BCUT2D eigenvalue weighted by atomic mass is 16.5. The molecule has 47 heavy (non-hydrogen) atoms. The molecule has 5 rings (SSSR count). The molecule has 3 aromatic carbocycles. The molecular formula is C38H46N6O3. The zero-order valence-electron chi connectivity index (χ0n) is 27.4. The quantitative estimate of drug-likeness (QED) is 0.0683. The van der Waals surface area contributed by atoms with E-state index in [1.807, 2.05) is 54.7 Å². The van der Waals surface area contributed by atoms with Crippen LogP contribution >= 0.6 is 0 Å². The van der Waals surface area contributed by atoms with Crippen molar-refractivity contribution in [3.63, 3.8) is 0 Å². The number of esters is 1. The minimum atomic E-state index is -0.160. The van der Waals surface area contributed by atoms with E-state index >= 15 is 0 Å². The highest BCUT2D eigenvalue weighted by Crippen LogP contribution is 2.24. The molecule has 0 atom stereocenters. The fraction of sp³-hybridized carbons (Fsp3) is 0.368. The Labute approximate surface area is 277 Å². The van der Waals surface area contributed by atoms with Gasteiger partial charge in [0.2, 0.25) is 0 Å². The van der Waals surface area contributed by atoms with Crippen molar-refractivity contribution in [2.45, 2.75) is 44.9 Å². The standard InChI is InChI=1S/C38H46N6O3/c1-46-37(45)17-10-25-44(24-8-7-21-39-35-20-23-40-34-16-6-5-15-32(34)35)26-11-27-47-31-18-19-33-36(28-31)42-29-43-38(33)41-22-9-14-30-12-3-2-4-13-30/h2-6,12-13,15-16,18-20,23,28-29H,7-11,14,17,21-22,24-27H2,1H3,(H,39,40)(H,41,42,43). The second-order valence-electron chi connectivity index (χ2n) is 11.7. The van der Waals surface area contributed by atoms with E-state index in [1.165, 1.54) is 12.7 Å². The van der Waals surface area contributed by atoms with E-state index in [2.05, 4.69) is 60.8 Å². The molecule has 246 valence electrons. The number of rotatable bonds is 20. The van der Waals surface area contributed by atoms with Crippen LogP contribution in [0.15, 0.2) is 91.4 Å². The largest absolute Gasteiger partial charge is 0.493 e. The smallest absolute Gasteiger partial charge is 0.305 e. The van der Waals surface area contributed by atoms with Crippen LogP contribution in [0.25, 0.3) is 21.8 Å². The van der Waals surface area contributed by atoms with Crippen molar-refractivity contribution in [3.8, 4) is 5.75 Å². The first-order chi connectivity index (χ1) is 23.2. The summed E-state index contributed by atoms with van der Waals surface area (Å²) in [6.45, 7) is 5.05. The third-order valence-corrected chi connectivity index (χ3v) is 8.22. The molecule has 0 bridgehead atoms. The molecule has 0 aliphatic rings. The molecule has 9 nitrogen and oxygen atoms in total. The van der Waals surface area contributed by atoms with Crippen LogP contribution in [0.2, 0.25) is 0 Å². The van der Waals surface area contributed by atoms with Gasteiger partial charge >= 0.3 is 5.97 Å². The Hall–Kier alpha value is -4.76. The van der Waals surface area contributed by atoms with Gasteiger partial charge in [-0.3, -0.25) is 9.78 Å². The van der Waals surface area contributed by atoms with Crippen LogP contribution in [0, 0.1) is 0 Å². The summed E-state index contributed by atoms with van der Waals surface area (Å²) in [7, 11) is 1.44. The summed E-state index contributed by atoms with van der Waals surface area (Å²) >= 11 is 0. The Balaban J connectivity index is 1.05. The van der Waals surface area contributed by atoms with Crippen LogP contribution in [0.1, 0.15) is 44.1 Å². The van der Waals surface area contributed by atoms with Crippen molar-refractivity contribution in [2.24, 2.45) is 0 Å². The molecule has 0 spiro atoms. The van der Waals surface area contributed by atoms with Gasteiger partial charge < -0.3 is 25.0 Å². The number of ether oxygens (including phenoxy) is 2. The van der Waals surface area contributed by atoms with Gasteiger partial charge in [-0.25, -0.2) is 9.97 Å². The summed E-state index contributed by atoms with van der Waals surface area (Å²) in [5, 5.41) is 9.19. The SMILES string of the molecule is COC(=O)CCCN(CCCCNc1ccnc2ccccc12)CCCOc1ccc2c(NCCCc3ccccc3)ncnc2c1. The number of nitrogens with one attached hydrogen (secondary N) is 2. The fourth-order valence-corrected chi connectivity index (χ4v) is 5.71. The summed E-state index contributed by atoms with van der Waals surface area (Å²) in [5.74, 6) is 1.49. The predicted molar refractivity (Wildman–Crippen MR) is 190 cm³/mol. The lowest BCUT2D eigenvalue weighted by molar-refractivity contribution is -0.140. The highest BCUT2D eigenvalue weighted by Gasteiger charge is 2.09. The number of methoxy groups -OCH3 is 1. The number of fused-ring (bicyclic) bond motifs is 2. The first-order valence-electron chi connectivity index (χ1n) is 16.7. The summed E-state index contributed by atoms with van der Waals surface area (Å²) in [6.07, 6.45) is 9.71. The second-order valence-corrected chi connectivity index (χ2v) is 11.7. The number of aryl methyl sites for hydroxylation is 1. The first kappa shape index (κ1) is 33.6. The third-order valence-electron chi connectivity index (χ3n) is 8.22. The van der Waals surface area contributed by atoms with Gasteiger partial charge in [-0.2, -0.15) is 0 Å². The van der Waals surface area contributed by atoms with Crippen molar-refractivity contribution in [1.82, 2.24) is 19.9 Å². The number of nitrogens with zero attached hydrogens (tertiary/aromatic N) is 4. The molecule has 0 aliphatic heterocycles. The minimum Gasteiger partial charge on any atom is -0.493 e. The van der Waals surface area contributed by atoms with E-state index in [1.54, 1.807) is 6.33 Å². The zero-order valence-corrected chi connectivity index (χ0v) is 27.4. The van der Waals surface area contributed by atoms with Crippen molar-refractivity contribution in [1.29, 1.82) is 0 Å². The number of hydrogen-bond donors (Lipinski definition) is 2. The summed E-state index contributed by atoms with van der Waals surface area (Å²) in [4.78, 5) is 27.5. The van der Waals surface area contributed by atoms with Crippen LogP contribution in [0.3, 0.4) is 0 Å². The van der Waals surface area contributed by atoms with Crippen LogP contribution < -0.4 is 15.4 Å². The minimum absolute atomic E-state index is 0.160. The number of hydrogen-bond acceptors (Lipinski definition) is 9. The van der Waals surface area contributed by atoms with E-state index in [9.17, 15) is 4.79 Å². The van der Waals surface area contributed by atoms with Crippen LogP contribution in [0.5, 0.6) is 5.75 Å². The van der Waals surface area contributed by atoms with E-state index in [0.29, 0.717) is 13.0 Å². The number of carbonyl (C=O) groups is 1. The van der Waals surface area contributed by atoms with Gasteiger partial charge in [0.05, 0.1) is 24.8 Å². The number of benzene rings is 3.